The van der Waals surface area contributed by atoms with Gasteiger partial charge in [0.1, 0.15) is 23.5 Å². The molecular weight excluding hydrogens is 416 g/mol. The molecule has 0 aliphatic rings. The molecule has 0 radical (unpaired) electrons. The Bertz CT molecular complexity index is 550. The van der Waals surface area contributed by atoms with Crippen molar-refractivity contribution in [1.82, 2.24) is 10.6 Å². The van der Waals surface area contributed by atoms with Gasteiger partial charge in [0.15, 0.2) is 0 Å². The highest BCUT2D eigenvalue weighted by Crippen LogP contribution is 2.11. The number of ether oxygens (including phenoxy) is 3. The number of nitrogens with one attached hydrogen (secondary N) is 2. The van der Waals surface area contributed by atoms with Crippen LogP contribution in [0.3, 0.4) is 0 Å². The highest BCUT2D eigenvalue weighted by molar-refractivity contribution is 5.87. The molecule has 0 unspecified atom stereocenters. The van der Waals surface area contributed by atoms with Crippen LogP contribution in [0.25, 0.3) is 0 Å². The molecule has 188 valence electrons. The van der Waals surface area contributed by atoms with Gasteiger partial charge in [0, 0.05) is 13.5 Å². The third-order valence-electron chi connectivity index (χ3n) is 2.71. The van der Waals surface area contributed by atoms with E-state index in [-0.39, 0.29) is 19.4 Å². The van der Waals surface area contributed by atoms with Crippen LogP contribution in [0.2, 0.25) is 0 Å². The van der Waals surface area contributed by atoms with Crippen molar-refractivity contribution < 1.29 is 33.4 Å². The molecule has 9 nitrogen and oxygen atoms in total. The van der Waals surface area contributed by atoms with E-state index in [0.717, 1.165) is 0 Å². The van der Waals surface area contributed by atoms with Crippen molar-refractivity contribution in [1.29, 1.82) is 0 Å². The Morgan fingerprint density at radius 2 is 1.50 bits per heavy atom. The topological polar surface area (TPSA) is 120 Å². The fourth-order valence-corrected chi connectivity index (χ4v) is 1.76. The molecular formula is C23H44N2O7. The summed E-state index contributed by atoms with van der Waals surface area (Å²) in [6, 6.07) is -1.01. The molecule has 0 bridgehead atoms. The quantitative estimate of drug-likeness (QED) is 0.307. The van der Waals surface area contributed by atoms with Gasteiger partial charge in [0.05, 0.1) is 13.2 Å². The van der Waals surface area contributed by atoms with Crippen molar-refractivity contribution in [2.24, 2.45) is 0 Å². The number of aldehydes is 1. The van der Waals surface area contributed by atoms with E-state index < -0.39 is 35.2 Å². The normalized spacial score (nSPS) is 11.3. The van der Waals surface area contributed by atoms with Crippen LogP contribution in [0.15, 0.2) is 12.7 Å². The number of rotatable bonds is 9. The minimum Gasteiger partial charge on any atom is -0.460 e. The maximum Gasteiger partial charge on any atom is 0.408 e. The summed E-state index contributed by atoms with van der Waals surface area (Å²) < 4.78 is 14.8. The predicted octanol–water partition coefficient (Wildman–Crippen LogP) is 3.55. The smallest absolute Gasteiger partial charge is 0.408 e. The minimum atomic E-state index is -1.01. The maximum absolute atomic E-state index is 12.0. The summed E-state index contributed by atoms with van der Waals surface area (Å²) in [5, 5.41) is 4.75. The Morgan fingerprint density at radius 1 is 1.00 bits per heavy atom. The van der Waals surface area contributed by atoms with E-state index in [1.165, 1.54) is 6.42 Å². The lowest BCUT2D eigenvalue weighted by molar-refractivity contribution is -0.155. The monoisotopic (exact) mass is 460 g/mol. The lowest BCUT2D eigenvalue weighted by Crippen LogP contribution is -2.48. The van der Waals surface area contributed by atoms with Crippen molar-refractivity contribution in [2.75, 3.05) is 20.3 Å². The number of methoxy groups -OCH3 is 1. The Balaban J connectivity index is -0.000000897. The molecule has 0 fully saturated rings. The Kier molecular flexibility index (Phi) is 20.6. The molecule has 0 heterocycles. The van der Waals surface area contributed by atoms with Gasteiger partial charge < -0.3 is 29.6 Å². The number of hydrogen-bond donors (Lipinski definition) is 2. The first kappa shape index (κ1) is 34.2. The van der Waals surface area contributed by atoms with Gasteiger partial charge in [-0.15, -0.1) is 6.58 Å². The molecule has 0 aliphatic carbocycles. The maximum atomic E-state index is 12.0. The van der Waals surface area contributed by atoms with E-state index >= 15 is 0 Å². The van der Waals surface area contributed by atoms with Crippen molar-refractivity contribution in [3.8, 4) is 0 Å². The number of amides is 2. The zero-order chi connectivity index (χ0) is 25.8. The number of carbonyl (C=O) groups excluding carboxylic acids is 4. The molecule has 1 atom stereocenters. The van der Waals surface area contributed by atoms with Gasteiger partial charge in [0.25, 0.3) is 0 Å². The van der Waals surface area contributed by atoms with Crippen molar-refractivity contribution >= 4 is 24.3 Å². The summed E-state index contributed by atoms with van der Waals surface area (Å²) in [6.07, 6.45) is 2.67. The third kappa shape index (κ3) is 27.6. The average molecular weight is 461 g/mol. The van der Waals surface area contributed by atoms with Crippen molar-refractivity contribution in [3.05, 3.63) is 12.7 Å². The molecule has 2 N–H and O–H groups in total. The third-order valence-corrected chi connectivity index (χ3v) is 2.71. The second kappa shape index (κ2) is 19.3. The second-order valence-electron chi connectivity index (χ2n) is 8.69. The zero-order valence-corrected chi connectivity index (χ0v) is 21.3. The number of hydrogen-bond acceptors (Lipinski definition) is 7. The molecule has 9 heteroatoms. The number of alkyl carbamates (subject to hydrolysis) is 1. The lowest BCUT2D eigenvalue weighted by atomic mass is 10.1. The van der Waals surface area contributed by atoms with Crippen LogP contribution in [-0.2, 0) is 28.6 Å². The molecule has 0 aromatic heterocycles. The first-order valence-electron chi connectivity index (χ1n) is 10.7. The average Bonchev–Trinajstić information content (AvgIpc) is 2.62. The van der Waals surface area contributed by atoms with Gasteiger partial charge in [-0.2, -0.15) is 0 Å². The van der Waals surface area contributed by atoms with Gasteiger partial charge in [-0.05, 0) is 48.0 Å². The molecule has 0 rings (SSSR count). The molecule has 0 saturated heterocycles. The molecule has 0 spiro atoms. The van der Waals surface area contributed by atoms with E-state index in [4.69, 9.17) is 9.47 Å². The van der Waals surface area contributed by atoms with Gasteiger partial charge >= 0.3 is 12.1 Å². The summed E-state index contributed by atoms with van der Waals surface area (Å²) in [5.74, 6) is -1.06. The summed E-state index contributed by atoms with van der Waals surface area (Å²) >= 11 is 0. The minimum absolute atomic E-state index is 0.0266. The van der Waals surface area contributed by atoms with Crippen LogP contribution in [0.5, 0.6) is 0 Å². The predicted molar refractivity (Wildman–Crippen MR) is 125 cm³/mol. The van der Waals surface area contributed by atoms with Crippen LogP contribution >= 0.6 is 0 Å². The van der Waals surface area contributed by atoms with E-state index in [1.807, 2.05) is 0 Å². The Hall–Kier alpha value is -2.42. The molecule has 0 aromatic carbocycles. The molecule has 32 heavy (non-hydrogen) atoms. The molecule has 0 aromatic rings. The van der Waals surface area contributed by atoms with Crippen LogP contribution in [-0.4, -0.2) is 61.8 Å². The number of carbonyl (C=O) groups is 4. The first-order chi connectivity index (χ1) is 14.7. The molecule has 2 amide bonds. The largest absolute Gasteiger partial charge is 0.460 e. The van der Waals surface area contributed by atoms with Crippen molar-refractivity contribution in [3.63, 3.8) is 0 Å². The van der Waals surface area contributed by atoms with E-state index in [9.17, 15) is 19.2 Å². The molecule has 0 saturated carbocycles. The highest BCUT2D eigenvalue weighted by atomic mass is 16.6. The fraction of sp³-hybridized carbons (Fsp3) is 0.739. The van der Waals surface area contributed by atoms with Crippen LogP contribution in [0.1, 0.15) is 74.7 Å². The summed E-state index contributed by atoms with van der Waals surface area (Å²) in [5.41, 5.74) is -1.36. The SMILES string of the molecule is C=CCOC.CC(C)(C)OC(=O)CC[C@H](NC(=O)OC(C)(C)C)C(=O)NCC=O.CCC. The Labute approximate surface area is 193 Å². The summed E-state index contributed by atoms with van der Waals surface area (Å²) in [6.45, 7) is 18.4. The first-order valence-corrected chi connectivity index (χ1v) is 10.7. The van der Waals surface area contributed by atoms with Gasteiger partial charge in [-0.3, -0.25) is 9.59 Å². The fourth-order valence-electron chi connectivity index (χ4n) is 1.76. The van der Waals surface area contributed by atoms with E-state index in [0.29, 0.717) is 12.9 Å². The van der Waals surface area contributed by atoms with Gasteiger partial charge in [-0.25, -0.2) is 4.79 Å². The highest BCUT2D eigenvalue weighted by Gasteiger charge is 2.26. The second-order valence-corrected chi connectivity index (χ2v) is 8.69. The van der Waals surface area contributed by atoms with Gasteiger partial charge in [0.2, 0.25) is 5.91 Å². The molecule has 0 aliphatic heterocycles. The zero-order valence-electron chi connectivity index (χ0n) is 21.3. The number of esters is 1. The van der Waals surface area contributed by atoms with E-state index in [2.05, 4.69) is 35.8 Å². The van der Waals surface area contributed by atoms with E-state index in [1.54, 1.807) is 54.7 Å². The standard InChI is InChI=1S/C16H28N2O6.C4H8O.C3H8/c1-15(2,3)23-12(20)8-7-11(13(21)17-9-10-19)18-14(22)24-16(4,5)6;1-3-4-5-2;1-3-2/h10-11H,7-9H2,1-6H3,(H,17,21)(H,18,22);3H,1,4H2,2H3;3H2,1-2H3/t11-;;/m0../s1. The summed E-state index contributed by atoms with van der Waals surface area (Å²) in [4.78, 5) is 46.0. The summed E-state index contributed by atoms with van der Waals surface area (Å²) in [7, 11) is 1.64. The van der Waals surface area contributed by atoms with Crippen LogP contribution < -0.4 is 10.6 Å². The van der Waals surface area contributed by atoms with Crippen LogP contribution in [0, 0.1) is 0 Å². The van der Waals surface area contributed by atoms with Crippen molar-refractivity contribution in [2.45, 2.75) is 91.9 Å². The van der Waals surface area contributed by atoms with Gasteiger partial charge in [-0.1, -0.05) is 26.3 Å². The van der Waals surface area contributed by atoms with Crippen LogP contribution in [0.4, 0.5) is 4.79 Å². The Morgan fingerprint density at radius 3 is 1.84 bits per heavy atom. The lowest BCUT2D eigenvalue weighted by Gasteiger charge is -2.24.